The van der Waals surface area contributed by atoms with Crippen LogP contribution in [0.2, 0.25) is 0 Å². The Kier molecular flexibility index (Phi) is 6.55. The molecule has 4 aromatic carbocycles. The lowest BCUT2D eigenvalue weighted by atomic mass is 9.90. The summed E-state index contributed by atoms with van der Waals surface area (Å²) in [6.07, 6.45) is 0.998. The molecule has 1 aliphatic carbocycles. The molecule has 38 heavy (non-hydrogen) atoms. The summed E-state index contributed by atoms with van der Waals surface area (Å²) in [6.45, 7) is 13.8. The van der Waals surface area contributed by atoms with Crippen molar-refractivity contribution in [3.63, 3.8) is 0 Å². The number of rotatable bonds is 4. The van der Waals surface area contributed by atoms with Crippen LogP contribution in [0.15, 0.2) is 72.8 Å². The minimum absolute atomic E-state index is 0. The molecule has 0 amide bonds. The Morgan fingerprint density at radius 1 is 0.711 bits per heavy atom. The third kappa shape index (κ3) is 3.89. The Labute approximate surface area is 228 Å². The van der Waals surface area contributed by atoms with E-state index in [9.17, 15) is 0 Å². The van der Waals surface area contributed by atoms with E-state index in [1.54, 1.807) is 0 Å². The highest BCUT2D eigenvalue weighted by atomic mass is 15.2. The molecule has 0 spiro atoms. The van der Waals surface area contributed by atoms with Crippen molar-refractivity contribution in [2.24, 2.45) is 7.05 Å². The SMILES string of the molecule is C.Cc1cc(C(C)C)c(-n2c(-c3ccccc3C)[n+](C)c3cc4c(cc32)Cc2ccccc2-4)c(C(C)C)c1. The second kappa shape index (κ2) is 9.58. The standard InChI is InChI=1S/C35H37N2.CH4/c1-21(2)29-16-23(5)17-30(22(3)4)34(29)37-33-19-26-18-25-13-9-11-15-28(25)31(26)20-32(33)36(7)35(37)27-14-10-8-12-24(27)6;/h8-17,19-22H,18H2,1-7H3;1H4/q+1;. The normalized spacial score (nSPS) is 12.2. The Morgan fingerprint density at radius 3 is 1.95 bits per heavy atom. The van der Waals surface area contributed by atoms with Crippen molar-refractivity contribution in [3.05, 3.63) is 106 Å². The van der Waals surface area contributed by atoms with Crippen LogP contribution in [0.1, 0.15) is 80.3 Å². The quantitative estimate of drug-likeness (QED) is 0.213. The van der Waals surface area contributed by atoms with Gasteiger partial charge in [-0.05, 0) is 78.1 Å². The van der Waals surface area contributed by atoms with Crippen LogP contribution in [0, 0.1) is 13.8 Å². The molecule has 2 nitrogen and oxygen atoms in total. The summed E-state index contributed by atoms with van der Waals surface area (Å²) in [6, 6.07) is 27.4. The Bertz CT molecular complexity index is 1650. The van der Waals surface area contributed by atoms with E-state index < -0.39 is 0 Å². The molecule has 0 N–H and O–H groups in total. The van der Waals surface area contributed by atoms with E-state index in [0.717, 1.165) is 6.42 Å². The molecule has 0 radical (unpaired) electrons. The Balaban J connectivity index is 0.00000294. The maximum Gasteiger partial charge on any atom is 0.295 e. The Morgan fingerprint density at radius 2 is 1.32 bits per heavy atom. The molecule has 0 bridgehead atoms. The van der Waals surface area contributed by atoms with Crippen LogP contribution in [0.25, 0.3) is 39.2 Å². The minimum Gasteiger partial charge on any atom is -0.225 e. The van der Waals surface area contributed by atoms with Gasteiger partial charge in [0.15, 0.2) is 11.0 Å². The van der Waals surface area contributed by atoms with E-state index in [1.165, 1.54) is 72.6 Å². The predicted octanol–water partition coefficient (Wildman–Crippen LogP) is 9.19. The maximum atomic E-state index is 2.59. The maximum absolute atomic E-state index is 2.59. The van der Waals surface area contributed by atoms with Crippen molar-refractivity contribution in [2.45, 2.75) is 67.2 Å². The molecule has 1 aromatic heterocycles. The summed E-state index contributed by atoms with van der Waals surface area (Å²) in [5.41, 5.74) is 16.3. The summed E-state index contributed by atoms with van der Waals surface area (Å²) in [5.74, 6) is 2.08. The van der Waals surface area contributed by atoms with Crippen molar-refractivity contribution in [1.29, 1.82) is 0 Å². The van der Waals surface area contributed by atoms with Crippen LogP contribution in [0.3, 0.4) is 0 Å². The van der Waals surface area contributed by atoms with Crippen molar-refractivity contribution in [3.8, 4) is 28.2 Å². The van der Waals surface area contributed by atoms with Crippen molar-refractivity contribution >= 4 is 11.0 Å². The Hall–Kier alpha value is -3.65. The van der Waals surface area contributed by atoms with Gasteiger partial charge in [-0.1, -0.05) is 95.3 Å². The average molecular weight is 502 g/mol. The first-order valence-electron chi connectivity index (χ1n) is 13.6. The van der Waals surface area contributed by atoms with E-state index in [0.29, 0.717) is 11.8 Å². The highest BCUT2D eigenvalue weighted by Crippen LogP contribution is 2.42. The van der Waals surface area contributed by atoms with Crippen molar-refractivity contribution in [2.75, 3.05) is 0 Å². The van der Waals surface area contributed by atoms with E-state index in [1.807, 2.05) is 0 Å². The highest BCUT2D eigenvalue weighted by Gasteiger charge is 2.33. The number of hydrogen-bond donors (Lipinski definition) is 0. The molecular formula is C36H41N2+. The third-order valence-corrected chi connectivity index (χ3v) is 8.19. The molecule has 0 fully saturated rings. The van der Waals surface area contributed by atoms with E-state index in [4.69, 9.17) is 0 Å². The van der Waals surface area contributed by atoms with Gasteiger partial charge in [0.1, 0.15) is 5.69 Å². The first-order valence-corrected chi connectivity index (χ1v) is 13.6. The number of aryl methyl sites for hydroxylation is 3. The van der Waals surface area contributed by atoms with Gasteiger partial charge in [0.25, 0.3) is 5.82 Å². The zero-order chi connectivity index (χ0) is 26.0. The number of hydrogen-bond acceptors (Lipinski definition) is 0. The second-order valence-electron chi connectivity index (χ2n) is 11.5. The fourth-order valence-electron chi connectivity index (χ4n) is 6.31. The predicted molar refractivity (Wildman–Crippen MR) is 163 cm³/mol. The van der Waals surface area contributed by atoms with Crippen LogP contribution >= 0.6 is 0 Å². The smallest absolute Gasteiger partial charge is 0.225 e. The van der Waals surface area contributed by atoms with Gasteiger partial charge in [-0.2, -0.15) is 4.57 Å². The average Bonchev–Trinajstić information content (AvgIpc) is 3.37. The van der Waals surface area contributed by atoms with E-state index >= 15 is 0 Å². The highest BCUT2D eigenvalue weighted by molar-refractivity contribution is 5.89. The largest absolute Gasteiger partial charge is 0.295 e. The van der Waals surface area contributed by atoms with Gasteiger partial charge >= 0.3 is 0 Å². The second-order valence-corrected chi connectivity index (χ2v) is 11.5. The monoisotopic (exact) mass is 501 g/mol. The molecule has 5 aromatic rings. The van der Waals surface area contributed by atoms with Crippen molar-refractivity contribution < 1.29 is 4.57 Å². The number of nitrogens with zero attached hydrogens (tertiary/aromatic N) is 2. The zero-order valence-corrected chi connectivity index (χ0v) is 23.2. The van der Waals surface area contributed by atoms with Crippen LogP contribution in [-0.4, -0.2) is 4.57 Å². The summed E-state index contributed by atoms with van der Waals surface area (Å²) >= 11 is 0. The van der Waals surface area contributed by atoms with Gasteiger partial charge in [0.05, 0.1) is 12.6 Å². The molecule has 0 atom stereocenters. The number of imidazole rings is 1. The van der Waals surface area contributed by atoms with Crippen LogP contribution < -0.4 is 4.57 Å². The minimum atomic E-state index is 0. The molecule has 0 unspecified atom stereocenters. The third-order valence-electron chi connectivity index (χ3n) is 8.19. The summed E-state index contributed by atoms with van der Waals surface area (Å²) < 4.78 is 5.01. The van der Waals surface area contributed by atoms with E-state index in [-0.39, 0.29) is 7.43 Å². The summed E-state index contributed by atoms with van der Waals surface area (Å²) in [4.78, 5) is 0. The number of benzene rings is 4. The van der Waals surface area contributed by atoms with Crippen LogP contribution in [0.5, 0.6) is 0 Å². The van der Waals surface area contributed by atoms with Gasteiger partial charge in [0, 0.05) is 11.1 Å². The van der Waals surface area contributed by atoms with E-state index in [2.05, 4.69) is 131 Å². The molecule has 6 rings (SSSR count). The summed E-state index contributed by atoms with van der Waals surface area (Å²) in [7, 11) is 2.24. The lowest BCUT2D eigenvalue weighted by Crippen LogP contribution is -2.30. The zero-order valence-electron chi connectivity index (χ0n) is 23.2. The molecular weight excluding hydrogens is 460 g/mol. The fourth-order valence-corrected chi connectivity index (χ4v) is 6.31. The van der Waals surface area contributed by atoms with Crippen LogP contribution in [0.4, 0.5) is 0 Å². The molecule has 0 aliphatic heterocycles. The molecule has 194 valence electrons. The lowest BCUT2D eigenvalue weighted by molar-refractivity contribution is -0.633. The van der Waals surface area contributed by atoms with Gasteiger partial charge in [-0.3, -0.25) is 0 Å². The summed E-state index contributed by atoms with van der Waals surface area (Å²) in [5, 5.41) is 0. The lowest BCUT2D eigenvalue weighted by Gasteiger charge is -2.20. The first kappa shape index (κ1) is 26.0. The molecule has 1 heterocycles. The molecule has 2 heteroatoms. The fraction of sp³-hybridized carbons (Fsp3) is 0.306. The topological polar surface area (TPSA) is 8.81 Å². The number of aromatic nitrogens is 2. The van der Waals surface area contributed by atoms with Crippen LogP contribution in [-0.2, 0) is 13.5 Å². The first-order chi connectivity index (χ1) is 17.8. The van der Waals surface area contributed by atoms with Gasteiger partial charge < -0.3 is 0 Å². The van der Waals surface area contributed by atoms with Gasteiger partial charge in [-0.25, -0.2) is 4.57 Å². The molecule has 0 saturated heterocycles. The van der Waals surface area contributed by atoms with Crippen molar-refractivity contribution in [1.82, 2.24) is 4.57 Å². The van der Waals surface area contributed by atoms with Gasteiger partial charge in [-0.15, -0.1) is 0 Å². The number of fused-ring (bicyclic) bond motifs is 4. The van der Waals surface area contributed by atoms with Gasteiger partial charge in [0.2, 0.25) is 0 Å². The molecule has 0 saturated carbocycles. The molecule has 1 aliphatic rings.